The van der Waals surface area contributed by atoms with Gasteiger partial charge in [0.05, 0.1) is 25.6 Å². The van der Waals surface area contributed by atoms with Crippen molar-refractivity contribution < 1.29 is 22.7 Å². The number of ether oxygens (including phenoxy) is 2. The number of nitrogens with one attached hydrogen (secondary N) is 1. The zero-order valence-electron chi connectivity index (χ0n) is 15.6. The monoisotopic (exact) mass is 392 g/mol. The summed E-state index contributed by atoms with van der Waals surface area (Å²) in [6.07, 6.45) is 1.06. The average molecular weight is 392 g/mol. The van der Waals surface area contributed by atoms with Gasteiger partial charge in [-0.15, -0.1) is 0 Å². The third-order valence-corrected chi connectivity index (χ3v) is 4.96. The fourth-order valence-corrected chi connectivity index (χ4v) is 3.26. The Labute approximate surface area is 160 Å². The molecule has 2 rings (SSSR count). The van der Waals surface area contributed by atoms with Crippen LogP contribution in [0.5, 0.6) is 11.5 Å². The highest BCUT2D eigenvalue weighted by atomic mass is 32.2. The Kier molecular flexibility index (Phi) is 7.06. The first kappa shape index (κ1) is 20.6. The minimum Gasteiger partial charge on any atom is -0.497 e. The lowest BCUT2D eigenvalue weighted by Gasteiger charge is -2.22. The van der Waals surface area contributed by atoms with Crippen molar-refractivity contribution in [1.82, 2.24) is 5.32 Å². The molecule has 0 saturated carbocycles. The van der Waals surface area contributed by atoms with Gasteiger partial charge in [-0.05, 0) is 42.8 Å². The van der Waals surface area contributed by atoms with Crippen LogP contribution in [0, 0.1) is 6.92 Å². The Morgan fingerprint density at radius 3 is 2.37 bits per heavy atom. The van der Waals surface area contributed by atoms with Crippen molar-refractivity contribution in [3.63, 3.8) is 0 Å². The molecule has 146 valence electrons. The number of aryl methyl sites for hydroxylation is 1. The largest absolute Gasteiger partial charge is 0.497 e. The van der Waals surface area contributed by atoms with Crippen molar-refractivity contribution in [3.05, 3.63) is 54.1 Å². The van der Waals surface area contributed by atoms with Crippen LogP contribution in [0.4, 0.5) is 5.69 Å². The second-order valence-electron chi connectivity index (χ2n) is 5.93. The summed E-state index contributed by atoms with van der Waals surface area (Å²) in [5.41, 5.74) is 1.40. The smallest absolute Gasteiger partial charge is 0.240 e. The van der Waals surface area contributed by atoms with Crippen LogP contribution in [-0.2, 0) is 14.8 Å². The Morgan fingerprint density at radius 1 is 1.11 bits per heavy atom. The summed E-state index contributed by atoms with van der Waals surface area (Å²) in [6.45, 7) is 2.19. The Morgan fingerprint density at radius 2 is 1.78 bits per heavy atom. The van der Waals surface area contributed by atoms with Crippen LogP contribution in [0.15, 0.2) is 48.5 Å². The SMILES string of the molecule is COc1ccc(N(CC(=O)NCCOc2ccccc2C)S(C)(=O)=O)cc1. The highest BCUT2D eigenvalue weighted by Gasteiger charge is 2.20. The summed E-state index contributed by atoms with van der Waals surface area (Å²) >= 11 is 0. The molecular weight excluding hydrogens is 368 g/mol. The van der Waals surface area contributed by atoms with Gasteiger partial charge in [0, 0.05) is 0 Å². The molecule has 8 heteroatoms. The molecule has 0 fully saturated rings. The molecule has 0 atom stereocenters. The van der Waals surface area contributed by atoms with E-state index in [4.69, 9.17) is 9.47 Å². The van der Waals surface area contributed by atoms with Crippen molar-refractivity contribution >= 4 is 21.6 Å². The van der Waals surface area contributed by atoms with E-state index in [1.54, 1.807) is 24.3 Å². The van der Waals surface area contributed by atoms with Crippen molar-refractivity contribution in [2.24, 2.45) is 0 Å². The Balaban J connectivity index is 1.91. The minimum atomic E-state index is -3.61. The molecular formula is C19H24N2O5S. The number of benzene rings is 2. The molecule has 1 amide bonds. The van der Waals surface area contributed by atoms with Crippen molar-refractivity contribution in [3.8, 4) is 11.5 Å². The number of nitrogens with zero attached hydrogens (tertiary/aromatic N) is 1. The lowest BCUT2D eigenvalue weighted by Crippen LogP contribution is -2.41. The molecule has 1 N–H and O–H groups in total. The van der Waals surface area contributed by atoms with E-state index in [-0.39, 0.29) is 19.7 Å². The number of para-hydroxylation sites is 1. The minimum absolute atomic E-state index is 0.271. The number of sulfonamides is 1. The Hall–Kier alpha value is -2.74. The van der Waals surface area contributed by atoms with E-state index >= 15 is 0 Å². The molecule has 7 nitrogen and oxygen atoms in total. The summed E-state index contributed by atoms with van der Waals surface area (Å²) in [5, 5.41) is 2.67. The van der Waals surface area contributed by atoms with Gasteiger partial charge in [0.25, 0.3) is 0 Å². The van der Waals surface area contributed by atoms with Crippen LogP contribution < -0.4 is 19.1 Å². The highest BCUT2D eigenvalue weighted by molar-refractivity contribution is 7.92. The van der Waals surface area contributed by atoms with Gasteiger partial charge in [0.15, 0.2) is 0 Å². The number of anilines is 1. The maximum Gasteiger partial charge on any atom is 0.240 e. The van der Waals surface area contributed by atoms with E-state index in [1.807, 2.05) is 31.2 Å². The molecule has 0 aromatic heterocycles. The molecule has 0 aliphatic heterocycles. The summed E-state index contributed by atoms with van der Waals surface area (Å²) in [6, 6.07) is 14.0. The molecule has 0 saturated heterocycles. The van der Waals surface area contributed by atoms with Crippen molar-refractivity contribution in [1.29, 1.82) is 0 Å². The van der Waals surface area contributed by atoms with E-state index < -0.39 is 15.9 Å². The van der Waals surface area contributed by atoms with E-state index in [0.29, 0.717) is 11.4 Å². The van der Waals surface area contributed by atoms with Crippen molar-refractivity contribution in [2.45, 2.75) is 6.92 Å². The quantitative estimate of drug-likeness (QED) is 0.660. The number of carbonyl (C=O) groups excluding carboxylic acids is 1. The maximum absolute atomic E-state index is 12.2. The normalized spacial score (nSPS) is 10.9. The van der Waals surface area contributed by atoms with Gasteiger partial charge in [-0.3, -0.25) is 9.10 Å². The third kappa shape index (κ3) is 6.18. The highest BCUT2D eigenvalue weighted by Crippen LogP contribution is 2.21. The first-order chi connectivity index (χ1) is 12.8. The van der Waals surface area contributed by atoms with Gasteiger partial charge in [-0.25, -0.2) is 8.42 Å². The van der Waals surface area contributed by atoms with E-state index in [0.717, 1.165) is 21.9 Å². The van der Waals surface area contributed by atoms with Crippen LogP contribution in [-0.4, -0.2) is 47.4 Å². The van der Waals surface area contributed by atoms with Gasteiger partial charge in [0.1, 0.15) is 24.7 Å². The number of hydrogen-bond acceptors (Lipinski definition) is 5. The van der Waals surface area contributed by atoms with Crippen LogP contribution >= 0.6 is 0 Å². The number of carbonyl (C=O) groups is 1. The summed E-state index contributed by atoms with van der Waals surface area (Å²) in [4.78, 5) is 12.2. The summed E-state index contributed by atoms with van der Waals surface area (Å²) in [5.74, 6) is 0.942. The van der Waals surface area contributed by atoms with E-state index in [2.05, 4.69) is 5.32 Å². The second-order valence-corrected chi connectivity index (χ2v) is 7.84. The van der Waals surface area contributed by atoms with Gasteiger partial charge in [-0.2, -0.15) is 0 Å². The first-order valence-electron chi connectivity index (χ1n) is 8.38. The van der Waals surface area contributed by atoms with E-state index in [1.165, 1.54) is 7.11 Å². The number of amides is 1. The fraction of sp³-hybridized carbons (Fsp3) is 0.316. The second kappa shape index (κ2) is 9.27. The predicted molar refractivity (Wildman–Crippen MR) is 105 cm³/mol. The van der Waals surface area contributed by atoms with Crippen LogP contribution in [0.2, 0.25) is 0 Å². The predicted octanol–water partition coefficient (Wildman–Crippen LogP) is 1.96. The zero-order chi connectivity index (χ0) is 19.9. The molecule has 2 aromatic carbocycles. The molecule has 0 bridgehead atoms. The first-order valence-corrected chi connectivity index (χ1v) is 10.2. The van der Waals surface area contributed by atoms with Crippen molar-refractivity contribution in [2.75, 3.05) is 37.4 Å². The molecule has 0 unspecified atom stereocenters. The van der Waals surface area contributed by atoms with Gasteiger partial charge >= 0.3 is 0 Å². The fourth-order valence-electron chi connectivity index (χ4n) is 2.40. The zero-order valence-corrected chi connectivity index (χ0v) is 16.5. The lowest BCUT2D eigenvalue weighted by atomic mass is 10.2. The Bertz CT molecular complexity index is 866. The molecule has 0 aliphatic rings. The topological polar surface area (TPSA) is 84.9 Å². The van der Waals surface area contributed by atoms with Crippen LogP contribution in [0.3, 0.4) is 0 Å². The molecule has 27 heavy (non-hydrogen) atoms. The molecule has 0 heterocycles. The van der Waals surface area contributed by atoms with Gasteiger partial charge in [-0.1, -0.05) is 18.2 Å². The maximum atomic E-state index is 12.2. The number of hydrogen-bond donors (Lipinski definition) is 1. The van der Waals surface area contributed by atoms with E-state index in [9.17, 15) is 13.2 Å². The number of rotatable bonds is 9. The average Bonchev–Trinajstić information content (AvgIpc) is 2.64. The molecule has 0 radical (unpaired) electrons. The lowest BCUT2D eigenvalue weighted by molar-refractivity contribution is -0.119. The van der Waals surface area contributed by atoms with Gasteiger partial charge < -0.3 is 14.8 Å². The third-order valence-electron chi connectivity index (χ3n) is 3.82. The van der Waals surface area contributed by atoms with Crippen LogP contribution in [0.25, 0.3) is 0 Å². The number of methoxy groups -OCH3 is 1. The summed E-state index contributed by atoms with van der Waals surface area (Å²) < 4.78 is 35.8. The molecule has 0 spiro atoms. The molecule has 0 aliphatic carbocycles. The summed E-state index contributed by atoms with van der Waals surface area (Å²) in [7, 11) is -2.09. The standard InChI is InChI=1S/C19H24N2O5S/c1-15-6-4-5-7-18(15)26-13-12-20-19(22)14-21(27(3,23)24)16-8-10-17(25-2)11-9-16/h4-11H,12-14H2,1-3H3,(H,20,22). The van der Waals surface area contributed by atoms with Gasteiger partial charge in [0.2, 0.25) is 15.9 Å². The van der Waals surface area contributed by atoms with Crippen LogP contribution in [0.1, 0.15) is 5.56 Å². The molecule has 2 aromatic rings.